The van der Waals surface area contributed by atoms with Gasteiger partial charge in [-0.3, -0.25) is 14.2 Å². The molecule has 0 aliphatic carbocycles. The van der Waals surface area contributed by atoms with Crippen molar-refractivity contribution in [2.45, 2.75) is 18.9 Å². The molecule has 0 radical (unpaired) electrons. The van der Waals surface area contributed by atoms with Crippen molar-refractivity contribution in [2.75, 3.05) is 35.6 Å². The zero-order chi connectivity index (χ0) is 21.5. The van der Waals surface area contributed by atoms with Crippen LogP contribution in [0.2, 0.25) is 0 Å². The molecule has 1 amide bonds. The van der Waals surface area contributed by atoms with Crippen LogP contribution in [0.25, 0.3) is 6.08 Å². The van der Waals surface area contributed by atoms with Crippen LogP contribution in [0.1, 0.15) is 16.1 Å². The molecule has 160 valence electrons. The molecule has 4 rings (SSSR count). The summed E-state index contributed by atoms with van der Waals surface area (Å²) in [5, 5.41) is 9.28. The van der Waals surface area contributed by atoms with E-state index < -0.39 is 18.1 Å². The van der Waals surface area contributed by atoms with Gasteiger partial charge in [-0.25, -0.2) is 4.68 Å². The average Bonchev–Trinajstić information content (AvgIpc) is 3.02. The van der Waals surface area contributed by atoms with Crippen LogP contribution in [0, 0.1) is 0 Å². The molecule has 30 heavy (non-hydrogen) atoms. The molecule has 2 aromatic rings. The first kappa shape index (κ1) is 20.3. The number of nitrogens with one attached hydrogen (secondary N) is 2. The molecule has 1 saturated heterocycles. The summed E-state index contributed by atoms with van der Waals surface area (Å²) >= 11 is 5.91. The van der Waals surface area contributed by atoms with E-state index in [1.54, 1.807) is 23.2 Å². The lowest BCUT2D eigenvalue weighted by Crippen LogP contribution is -2.57. The number of carbonyl (C=O) groups excluding carboxylic acids is 1. The van der Waals surface area contributed by atoms with E-state index in [9.17, 15) is 18.0 Å². The van der Waals surface area contributed by atoms with Crippen molar-refractivity contribution < 1.29 is 18.0 Å². The minimum Gasteiger partial charge on any atom is -0.382 e. The fourth-order valence-electron chi connectivity index (χ4n) is 3.46. The van der Waals surface area contributed by atoms with Crippen molar-refractivity contribution in [2.24, 2.45) is 0 Å². The van der Waals surface area contributed by atoms with Crippen molar-refractivity contribution in [1.29, 1.82) is 0 Å². The van der Waals surface area contributed by atoms with Crippen molar-refractivity contribution >= 4 is 41.0 Å². The van der Waals surface area contributed by atoms with E-state index in [4.69, 9.17) is 17.5 Å². The molecule has 1 fully saturated rings. The van der Waals surface area contributed by atoms with Crippen LogP contribution in [-0.2, 0) is 6.67 Å². The second-order valence-corrected chi connectivity index (χ2v) is 7.28. The Labute approximate surface area is 174 Å². The zero-order valence-electron chi connectivity index (χ0n) is 15.5. The van der Waals surface area contributed by atoms with E-state index >= 15 is 0 Å². The predicted molar refractivity (Wildman–Crippen MR) is 106 cm³/mol. The predicted octanol–water partition coefficient (Wildman–Crippen LogP) is 1.85. The summed E-state index contributed by atoms with van der Waals surface area (Å²) in [4.78, 5) is 18.5. The number of alkyl halides is 3. The zero-order valence-corrected chi connectivity index (χ0v) is 16.3. The number of hydrogen-bond donors (Lipinski definition) is 3. The summed E-state index contributed by atoms with van der Waals surface area (Å²) in [5.74, 6) is -0.526. The quantitative estimate of drug-likeness (QED) is 0.623. The minimum absolute atomic E-state index is 0.0175. The van der Waals surface area contributed by atoms with E-state index in [2.05, 4.69) is 20.7 Å². The summed E-state index contributed by atoms with van der Waals surface area (Å²) in [7, 11) is 0. The largest absolute Gasteiger partial charge is 0.405 e. The summed E-state index contributed by atoms with van der Waals surface area (Å²) in [5.41, 5.74) is 7.27. The number of halogens is 4. The number of rotatable bonds is 3. The Morgan fingerprint density at radius 1 is 1.40 bits per heavy atom. The lowest BCUT2D eigenvalue weighted by Gasteiger charge is -2.36. The van der Waals surface area contributed by atoms with Crippen LogP contribution in [0.3, 0.4) is 0 Å². The number of nitrogen functional groups attached to an aromatic ring is 1. The van der Waals surface area contributed by atoms with Gasteiger partial charge in [0.25, 0.3) is 5.91 Å². The number of pyridine rings is 1. The molecule has 4 heterocycles. The van der Waals surface area contributed by atoms with E-state index in [1.807, 2.05) is 0 Å². The van der Waals surface area contributed by atoms with Gasteiger partial charge in [-0.15, -0.1) is 0 Å². The monoisotopic (exact) mass is 442 g/mol. The van der Waals surface area contributed by atoms with Gasteiger partial charge in [0.15, 0.2) is 5.82 Å². The Morgan fingerprint density at radius 3 is 2.97 bits per heavy atom. The maximum atomic E-state index is 13.1. The molecular formula is C17H18ClF3N8O. The molecule has 0 aromatic carbocycles. The molecule has 2 aromatic heterocycles. The Kier molecular flexibility index (Phi) is 5.20. The van der Waals surface area contributed by atoms with Gasteiger partial charge in [-0.2, -0.15) is 18.3 Å². The average molecular weight is 443 g/mol. The second-order valence-electron chi connectivity index (χ2n) is 6.84. The van der Waals surface area contributed by atoms with Gasteiger partial charge in [-0.05, 0) is 12.1 Å². The molecular weight excluding hydrogens is 425 g/mol. The first-order valence-electron chi connectivity index (χ1n) is 9.01. The van der Waals surface area contributed by atoms with Gasteiger partial charge < -0.3 is 21.3 Å². The highest BCUT2D eigenvalue weighted by atomic mass is 35.5. The van der Waals surface area contributed by atoms with Gasteiger partial charge in [0, 0.05) is 43.8 Å². The number of hydrogen-bond acceptors (Lipinski definition) is 7. The fourth-order valence-corrected chi connectivity index (χ4v) is 3.62. The smallest absolute Gasteiger partial charge is 0.382 e. The fraction of sp³-hybridized carbons (Fsp3) is 0.353. The molecule has 4 N–H and O–H groups in total. The van der Waals surface area contributed by atoms with Crippen LogP contribution in [0.5, 0.6) is 0 Å². The third kappa shape index (κ3) is 3.87. The van der Waals surface area contributed by atoms with Gasteiger partial charge in [0.05, 0.1) is 23.3 Å². The topological polar surface area (TPSA) is 104 Å². The number of anilines is 3. The first-order chi connectivity index (χ1) is 14.2. The highest BCUT2D eigenvalue weighted by molar-refractivity contribution is 6.14. The number of nitrogens with two attached hydrogens (primary N) is 1. The molecule has 2 aliphatic rings. The van der Waals surface area contributed by atoms with Gasteiger partial charge in [0.1, 0.15) is 18.3 Å². The molecule has 0 bridgehead atoms. The molecule has 0 spiro atoms. The minimum atomic E-state index is -4.37. The van der Waals surface area contributed by atoms with Crippen molar-refractivity contribution in [3.63, 3.8) is 0 Å². The second kappa shape index (κ2) is 7.69. The summed E-state index contributed by atoms with van der Waals surface area (Å²) in [6.07, 6.45) is 1.65. The lowest BCUT2D eigenvalue weighted by atomic mass is 10.1. The third-order valence-electron chi connectivity index (χ3n) is 4.87. The van der Waals surface area contributed by atoms with Crippen LogP contribution >= 0.6 is 11.8 Å². The van der Waals surface area contributed by atoms with Gasteiger partial charge >= 0.3 is 6.18 Å². The van der Waals surface area contributed by atoms with Crippen molar-refractivity contribution in [3.05, 3.63) is 35.9 Å². The van der Waals surface area contributed by atoms with Crippen molar-refractivity contribution in [1.82, 2.24) is 24.5 Å². The van der Waals surface area contributed by atoms with Crippen LogP contribution in [-0.4, -0.2) is 56.9 Å². The van der Waals surface area contributed by atoms with Gasteiger partial charge in [0.2, 0.25) is 0 Å². The molecule has 9 nitrogen and oxygen atoms in total. The van der Waals surface area contributed by atoms with Crippen LogP contribution in [0.15, 0.2) is 24.7 Å². The van der Waals surface area contributed by atoms with E-state index in [0.717, 1.165) is 0 Å². The van der Waals surface area contributed by atoms with Crippen molar-refractivity contribution in [3.8, 4) is 0 Å². The maximum Gasteiger partial charge on any atom is 0.405 e. The Hall–Kier alpha value is -2.99. The first-order valence-corrected chi connectivity index (χ1v) is 9.35. The number of piperazine rings is 1. The van der Waals surface area contributed by atoms with E-state index in [1.165, 1.54) is 21.5 Å². The number of nitrogens with zero attached hydrogens (tertiary/aromatic N) is 5. The molecule has 1 unspecified atom stereocenters. The van der Waals surface area contributed by atoms with Crippen LogP contribution in [0.4, 0.5) is 30.4 Å². The Morgan fingerprint density at radius 2 is 2.20 bits per heavy atom. The number of fused-ring (bicyclic) bond motifs is 1. The molecule has 13 heteroatoms. The van der Waals surface area contributed by atoms with E-state index in [-0.39, 0.29) is 36.8 Å². The van der Waals surface area contributed by atoms with Crippen LogP contribution < -0.4 is 21.3 Å². The summed E-state index contributed by atoms with van der Waals surface area (Å²) < 4.78 is 42.3. The molecule has 0 saturated carbocycles. The Balaban J connectivity index is 1.59. The van der Waals surface area contributed by atoms with Gasteiger partial charge in [-0.1, -0.05) is 0 Å². The SMILES string of the molecule is Nc1nn2c(c1C(=O)Nc1cnccc1N1CCNC(C(F)(F)F)C1)C=CN(Cl)C2. The maximum absolute atomic E-state index is 13.1. The highest BCUT2D eigenvalue weighted by Gasteiger charge is 2.42. The standard InChI is InChI=1S/C17H18ClF3N8O/c18-28-5-2-12-14(15(22)26-29(12)9-28)16(30)25-10-7-23-3-1-11(10)27-6-4-24-13(8-27)17(19,20)21/h1-3,5,7,13,24H,4,6,8-9H2,(H2,22,26)(H,25,30). The Bertz CT molecular complexity index is 992. The number of aromatic nitrogens is 3. The lowest BCUT2D eigenvalue weighted by molar-refractivity contribution is -0.155. The summed E-state index contributed by atoms with van der Waals surface area (Å²) in [6, 6.07) is -0.0962. The molecule has 2 aliphatic heterocycles. The summed E-state index contributed by atoms with van der Waals surface area (Å²) in [6.45, 7) is 0.432. The van der Waals surface area contributed by atoms with E-state index in [0.29, 0.717) is 17.9 Å². The normalized spacial score (nSPS) is 19.0. The highest BCUT2D eigenvalue weighted by Crippen LogP contribution is 2.31. The number of carbonyl (C=O) groups is 1. The third-order valence-corrected chi connectivity index (χ3v) is 5.09. The molecule has 1 atom stereocenters. The number of amides is 1.